The highest BCUT2D eigenvalue weighted by molar-refractivity contribution is 7.91. The van der Waals surface area contributed by atoms with E-state index in [1.807, 2.05) is 0 Å². The van der Waals surface area contributed by atoms with Gasteiger partial charge >= 0.3 is 0 Å². The predicted octanol–water partition coefficient (Wildman–Crippen LogP) is -0.747. The fourth-order valence-corrected chi connectivity index (χ4v) is 2.62. The predicted molar refractivity (Wildman–Crippen MR) is 56.3 cm³/mol. The van der Waals surface area contributed by atoms with Crippen LogP contribution in [-0.2, 0) is 19.9 Å². The molecule has 0 saturated heterocycles. The minimum atomic E-state index is -3.72. The van der Waals surface area contributed by atoms with E-state index in [-0.39, 0.29) is 18.7 Å². The maximum atomic E-state index is 11.4. The van der Waals surface area contributed by atoms with Crippen molar-refractivity contribution in [3.05, 3.63) is 0 Å². The zero-order chi connectivity index (χ0) is 12.1. The molecule has 0 radical (unpaired) electrons. The summed E-state index contributed by atoms with van der Waals surface area (Å²) in [5.74, 6) is -0.270. The lowest BCUT2D eigenvalue weighted by Gasteiger charge is -2.08. The molecule has 0 spiro atoms. The standard InChI is InChI=1S/C7H14N2O4S2/c1-3-7(6-8)15(12,13)9-4-5-14(2,10)11/h7,9H,3-5H2,1-2H3. The first-order valence-corrected chi connectivity index (χ1v) is 7.89. The van der Waals surface area contributed by atoms with E-state index in [2.05, 4.69) is 4.72 Å². The Kier molecular flexibility index (Phi) is 5.20. The second kappa shape index (κ2) is 5.44. The Bertz CT molecular complexity index is 432. The van der Waals surface area contributed by atoms with Crippen molar-refractivity contribution < 1.29 is 16.8 Å². The number of nitrogens with zero attached hydrogens (tertiary/aromatic N) is 1. The molecule has 8 heteroatoms. The smallest absolute Gasteiger partial charge is 0.227 e. The number of hydrogen-bond acceptors (Lipinski definition) is 5. The summed E-state index contributed by atoms with van der Waals surface area (Å²) in [6, 6.07) is 1.64. The van der Waals surface area contributed by atoms with E-state index < -0.39 is 25.1 Å². The summed E-state index contributed by atoms with van der Waals surface area (Å²) in [6.45, 7) is 1.38. The highest BCUT2D eigenvalue weighted by Crippen LogP contribution is 2.01. The van der Waals surface area contributed by atoms with Crippen molar-refractivity contribution in [2.75, 3.05) is 18.6 Å². The average Bonchev–Trinajstić information content (AvgIpc) is 2.02. The number of sulfone groups is 1. The first-order chi connectivity index (χ1) is 6.73. The number of nitrogens with one attached hydrogen (secondary N) is 1. The molecule has 0 rings (SSSR count). The number of hydrogen-bond donors (Lipinski definition) is 1. The van der Waals surface area contributed by atoms with Crippen LogP contribution in [0.1, 0.15) is 13.3 Å². The van der Waals surface area contributed by atoms with Gasteiger partial charge in [0, 0.05) is 12.8 Å². The summed E-state index contributed by atoms with van der Waals surface area (Å²) < 4.78 is 46.2. The zero-order valence-corrected chi connectivity index (χ0v) is 10.2. The van der Waals surface area contributed by atoms with Gasteiger partial charge in [-0.2, -0.15) is 5.26 Å². The maximum absolute atomic E-state index is 11.4. The van der Waals surface area contributed by atoms with Gasteiger partial charge in [-0.25, -0.2) is 21.6 Å². The first kappa shape index (κ1) is 14.3. The SMILES string of the molecule is CCC(C#N)S(=O)(=O)NCCS(C)(=O)=O. The molecule has 0 amide bonds. The van der Waals surface area contributed by atoms with Crippen molar-refractivity contribution in [1.82, 2.24) is 4.72 Å². The van der Waals surface area contributed by atoms with Crippen molar-refractivity contribution in [2.45, 2.75) is 18.6 Å². The third-order valence-corrected chi connectivity index (χ3v) is 4.41. The van der Waals surface area contributed by atoms with Gasteiger partial charge in [-0.05, 0) is 6.42 Å². The minimum Gasteiger partial charge on any atom is -0.229 e. The van der Waals surface area contributed by atoms with Gasteiger partial charge in [0.1, 0.15) is 9.84 Å². The highest BCUT2D eigenvalue weighted by Gasteiger charge is 2.22. The van der Waals surface area contributed by atoms with E-state index in [1.54, 1.807) is 13.0 Å². The molecular formula is C7H14N2O4S2. The fourth-order valence-electron chi connectivity index (χ4n) is 0.850. The Balaban J connectivity index is 4.37. The monoisotopic (exact) mass is 254 g/mol. The van der Waals surface area contributed by atoms with Crippen LogP contribution in [0.3, 0.4) is 0 Å². The van der Waals surface area contributed by atoms with Gasteiger partial charge in [0.2, 0.25) is 10.0 Å². The molecule has 0 saturated carbocycles. The largest absolute Gasteiger partial charge is 0.229 e. The highest BCUT2D eigenvalue weighted by atomic mass is 32.2. The summed E-state index contributed by atoms with van der Waals surface area (Å²) in [6.07, 6.45) is 1.19. The van der Waals surface area contributed by atoms with E-state index in [0.29, 0.717) is 0 Å². The van der Waals surface area contributed by atoms with Crippen LogP contribution in [0.25, 0.3) is 0 Å². The van der Waals surface area contributed by atoms with Gasteiger partial charge in [-0.1, -0.05) is 6.92 Å². The Labute approximate surface area is 90.3 Å². The Morgan fingerprint density at radius 3 is 2.20 bits per heavy atom. The molecule has 1 atom stereocenters. The second-order valence-corrected chi connectivity index (χ2v) is 7.30. The molecule has 0 aromatic carbocycles. The summed E-state index contributed by atoms with van der Waals surface area (Å²) >= 11 is 0. The van der Waals surface area contributed by atoms with E-state index in [0.717, 1.165) is 6.26 Å². The van der Waals surface area contributed by atoms with Crippen LogP contribution < -0.4 is 4.72 Å². The fraction of sp³-hybridized carbons (Fsp3) is 0.857. The van der Waals surface area contributed by atoms with Crippen LogP contribution in [0.2, 0.25) is 0 Å². The van der Waals surface area contributed by atoms with Crippen molar-refractivity contribution in [1.29, 1.82) is 5.26 Å². The Morgan fingerprint density at radius 2 is 1.87 bits per heavy atom. The molecule has 6 nitrogen and oxygen atoms in total. The summed E-state index contributed by atoms with van der Waals surface area (Å²) in [4.78, 5) is 0. The molecule has 0 aliphatic carbocycles. The van der Waals surface area contributed by atoms with Crippen molar-refractivity contribution in [3.8, 4) is 6.07 Å². The summed E-state index contributed by atoms with van der Waals surface area (Å²) in [5.41, 5.74) is 0. The zero-order valence-electron chi connectivity index (χ0n) is 8.60. The minimum absolute atomic E-state index is 0.171. The van der Waals surface area contributed by atoms with Crippen LogP contribution in [0.5, 0.6) is 0 Å². The van der Waals surface area contributed by atoms with E-state index in [4.69, 9.17) is 5.26 Å². The van der Waals surface area contributed by atoms with Crippen LogP contribution in [0.15, 0.2) is 0 Å². The third-order valence-electron chi connectivity index (χ3n) is 1.67. The molecular weight excluding hydrogens is 240 g/mol. The van der Waals surface area contributed by atoms with E-state index >= 15 is 0 Å². The first-order valence-electron chi connectivity index (χ1n) is 4.28. The van der Waals surface area contributed by atoms with Gasteiger partial charge in [0.05, 0.1) is 11.8 Å². The molecule has 15 heavy (non-hydrogen) atoms. The summed E-state index contributed by atoms with van der Waals surface area (Å²) in [7, 11) is -6.92. The molecule has 0 aromatic rings. The van der Waals surface area contributed by atoms with E-state index in [9.17, 15) is 16.8 Å². The Morgan fingerprint density at radius 1 is 1.33 bits per heavy atom. The normalized spacial score (nSPS) is 14.5. The summed E-state index contributed by atoms with van der Waals surface area (Å²) in [5, 5.41) is 7.41. The lowest BCUT2D eigenvalue weighted by atomic mass is 10.4. The molecule has 0 aliphatic rings. The molecule has 0 aliphatic heterocycles. The Hall–Kier alpha value is -0.650. The average molecular weight is 254 g/mol. The van der Waals surface area contributed by atoms with Gasteiger partial charge < -0.3 is 0 Å². The second-order valence-electron chi connectivity index (χ2n) is 3.10. The molecule has 0 aromatic heterocycles. The van der Waals surface area contributed by atoms with Gasteiger partial charge in [-0.15, -0.1) is 0 Å². The third kappa shape index (κ3) is 5.71. The van der Waals surface area contributed by atoms with Crippen LogP contribution in [-0.4, -0.2) is 40.6 Å². The topological polar surface area (TPSA) is 104 Å². The lowest BCUT2D eigenvalue weighted by Crippen LogP contribution is -2.35. The van der Waals surface area contributed by atoms with Gasteiger partial charge in [0.15, 0.2) is 5.25 Å². The van der Waals surface area contributed by atoms with Crippen LogP contribution >= 0.6 is 0 Å². The number of rotatable bonds is 6. The molecule has 0 heterocycles. The molecule has 0 bridgehead atoms. The molecule has 1 unspecified atom stereocenters. The maximum Gasteiger partial charge on any atom is 0.227 e. The molecule has 1 N–H and O–H groups in total. The van der Waals surface area contributed by atoms with Crippen molar-refractivity contribution >= 4 is 19.9 Å². The van der Waals surface area contributed by atoms with Crippen molar-refractivity contribution in [3.63, 3.8) is 0 Å². The molecule has 88 valence electrons. The van der Waals surface area contributed by atoms with Gasteiger partial charge in [-0.3, -0.25) is 0 Å². The lowest BCUT2D eigenvalue weighted by molar-refractivity contribution is 0.573. The van der Waals surface area contributed by atoms with Crippen LogP contribution in [0.4, 0.5) is 0 Å². The quantitative estimate of drug-likeness (QED) is 0.671. The van der Waals surface area contributed by atoms with Crippen molar-refractivity contribution in [2.24, 2.45) is 0 Å². The van der Waals surface area contributed by atoms with Crippen LogP contribution in [0, 0.1) is 11.3 Å². The molecule has 0 fully saturated rings. The number of sulfonamides is 1. The van der Waals surface area contributed by atoms with E-state index in [1.165, 1.54) is 0 Å². The van der Waals surface area contributed by atoms with Gasteiger partial charge in [0.25, 0.3) is 0 Å². The number of nitriles is 1.